The molecule has 0 atom stereocenters. The van der Waals surface area contributed by atoms with Gasteiger partial charge in [-0.3, -0.25) is 9.78 Å². The molecule has 3 heterocycles. The molecule has 3 aromatic rings. The van der Waals surface area contributed by atoms with Gasteiger partial charge in [-0.15, -0.1) is 0 Å². The summed E-state index contributed by atoms with van der Waals surface area (Å²) in [7, 11) is 1.68. The van der Waals surface area contributed by atoms with Crippen LogP contribution in [0.15, 0.2) is 42.7 Å². The molecule has 0 spiro atoms. The average Bonchev–Trinajstić information content (AvgIpc) is 2.84. The number of hydrogen-bond donors (Lipinski definition) is 1. The summed E-state index contributed by atoms with van der Waals surface area (Å²) >= 11 is 0. The van der Waals surface area contributed by atoms with Crippen LogP contribution in [0.4, 0.5) is 0 Å². The van der Waals surface area contributed by atoms with Crippen LogP contribution in [0, 0.1) is 0 Å². The van der Waals surface area contributed by atoms with Crippen molar-refractivity contribution in [2.24, 2.45) is 0 Å². The van der Waals surface area contributed by atoms with Crippen LogP contribution in [0.3, 0.4) is 0 Å². The zero-order valence-electron chi connectivity index (χ0n) is 14.3. The molecule has 25 heavy (non-hydrogen) atoms. The van der Waals surface area contributed by atoms with Crippen LogP contribution in [-0.4, -0.2) is 34.4 Å². The number of carbonyl (C=O) groups is 1. The second-order valence-electron chi connectivity index (χ2n) is 6.44. The van der Waals surface area contributed by atoms with E-state index in [0.29, 0.717) is 13.0 Å². The van der Waals surface area contributed by atoms with E-state index >= 15 is 0 Å². The van der Waals surface area contributed by atoms with Gasteiger partial charge in [0, 0.05) is 47.6 Å². The summed E-state index contributed by atoms with van der Waals surface area (Å²) < 4.78 is 5.37. The lowest BCUT2D eigenvalue weighted by Gasteiger charge is -2.21. The molecule has 4 rings (SSSR count). The van der Waals surface area contributed by atoms with Crippen molar-refractivity contribution in [1.29, 1.82) is 0 Å². The van der Waals surface area contributed by atoms with Crippen LogP contribution in [0.5, 0.6) is 5.75 Å². The number of aryl methyl sites for hydroxylation is 1. The van der Waals surface area contributed by atoms with Gasteiger partial charge in [-0.1, -0.05) is 0 Å². The van der Waals surface area contributed by atoms with Crippen molar-refractivity contribution in [3.63, 3.8) is 0 Å². The van der Waals surface area contributed by atoms with Crippen molar-refractivity contribution in [3.05, 3.63) is 59.5 Å². The van der Waals surface area contributed by atoms with Crippen molar-refractivity contribution in [3.8, 4) is 5.75 Å². The molecule has 0 bridgehead atoms. The summed E-state index contributed by atoms with van der Waals surface area (Å²) in [5, 5.41) is 1.15. The Bertz CT molecular complexity index is 902. The fourth-order valence-corrected chi connectivity index (χ4v) is 3.52. The highest BCUT2D eigenvalue weighted by Crippen LogP contribution is 2.30. The fraction of sp³-hybridized carbons (Fsp3) is 0.300. The highest BCUT2D eigenvalue weighted by Gasteiger charge is 2.22. The van der Waals surface area contributed by atoms with Crippen LogP contribution in [-0.2, 0) is 24.2 Å². The number of nitrogens with one attached hydrogen (secondary N) is 1. The second-order valence-corrected chi connectivity index (χ2v) is 6.44. The number of rotatable bonds is 3. The minimum absolute atomic E-state index is 0.163. The predicted molar refractivity (Wildman–Crippen MR) is 96.5 cm³/mol. The molecule has 1 amide bonds. The minimum Gasteiger partial charge on any atom is -0.497 e. The summed E-state index contributed by atoms with van der Waals surface area (Å²) in [5.41, 5.74) is 4.57. The Morgan fingerprint density at radius 3 is 2.92 bits per heavy atom. The van der Waals surface area contributed by atoms with E-state index in [1.807, 2.05) is 29.2 Å². The molecule has 0 radical (unpaired) electrons. The summed E-state index contributed by atoms with van der Waals surface area (Å²) in [6.07, 6.45) is 5.82. The third-order valence-electron chi connectivity index (χ3n) is 4.86. The van der Waals surface area contributed by atoms with Crippen LogP contribution in [0.1, 0.15) is 23.2 Å². The third-order valence-corrected chi connectivity index (χ3v) is 4.86. The molecule has 128 valence electrons. The van der Waals surface area contributed by atoms with Gasteiger partial charge in [0.25, 0.3) is 0 Å². The number of fused-ring (bicyclic) bond motifs is 3. The van der Waals surface area contributed by atoms with Gasteiger partial charge >= 0.3 is 0 Å². The maximum atomic E-state index is 12.8. The first-order valence-corrected chi connectivity index (χ1v) is 8.59. The number of hydrogen-bond acceptors (Lipinski definition) is 3. The molecule has 0 saturated carbocycles. The van der Waals surface area contributed by atoms with Crippen molar-refractivity contribution in [2.75, 3.05) is 13.7 Å². The van der Waals surface area contributed by atoms with Crippen molar-refractivity contribution < 1.29 is 9.53 Å². The Morgan fingerprint density at radius 2 is 2.12 bits per heavy atom. The molecule has 0 saturated heterocycles. The van der Waals surface area contributed by atoms with Gasteiger partial charge in [0.05, 0.1) is 13.5 Å². The maximum absolute atomic E-state index is 12.8. The molecular formula is C20H21N3O2. The number of ether oxygens (including phenoxy) is 1. The molecule has 2 aromatic heterocycles. The van der Waals surface area contributed by atoms with Gasteiger partial charge in [-0.05, 0) is 48.7 Å². The van der Waals surface area contributed by atoms with E-state index in [0.717, 1.165) is 41.6 Å². The Morgan fingerprint density at radius 1 is 1.28 bits per heavy atom. The molecule has 5 heteroatoms. The molecule has 1 aliphatic rings. The van der Waals surface area contributed by atoms with Gasteiger partial charge in [0.1, 0.15) is 5.75 Å². The lowest BCUT2D eigenvalue weighted by atomic mass is 10.1. The van der Waals surface area contributed by atoms with E-state index in [2.05, 4.69) is 16.0 Å². The topological polar surface area (TPSA) is 58.2 Å². The van der Waals surface area contributed by atoms with Gasteiger partial charge < -0.3 is 14.6 Å². The summed E-state index contributed by atoms with van der Waals surface area (Å²) in [4.78, 5) is 22.3. The monoisotopic (exact) mass is 335 g/mol. The van der Waals surface area contributed by atoms with Crippen LogP contribution in [0.25, 0.3) is 10.9 Å². The van der Waals surface area contributed by atoms with E-state index in [1.54, 1.807) is 19.5 Å². The molecule has 1 N–H and O–H groups in total. The largest absolute Gasteiger partial charge is 0.497 e. The standard InChI is InChI=1S/C20H21N3O2/c1-25-15-4-5-19-16(12-15)17-13-23(10-2-3-18(17)22-19)20(24)11-14-6-8-21-9-7-14/h4-9,12,22H,2-3,10-11,13H2,1H3. The van der Waals surface area contributed by atoms with E-state index in [1.165, 1.54) is 11.3 Å². The zero-order valence-corrected chi connectivity index (χ0v) is 14.3. The highest BCUT2D eigenvalue weighted by molar-refractivity contribution is 5.87. The Hall–Kier alpha value is -2.82. The van der Waals surface area contributed by atoms with E-state index < -0.39 is 0 Å². The maximum Gasteiger partial charge on any atom is 0.227 e. The number of amides is 1. The first-order valence-electron chi connectivity index (χ1n) is 8.59. The predicted octanol–water partition coefficient (Wildman–Crippen LogP) is 3.09. The lowest BCUT2D eigenvalue weighted by Crippen LogP contribution is -2.32. The van der Waals surface area contributed by atoms with E-state index in [4.69, 9.17) is 4.74 Å². The molecular weight excluding hydrogens is 314 g/mol. The Kier molecular flexibility index (Phi) is 4.14. The molecule has 0 aliphatic carbocycles. The van der Waals surface area contributed by atoms with E-state index in [9.17, 15) is 4.79 Å². The Balaban J connectivity index is 1.62. The molecule has 1 aliphatic heterocycles. The summed E-state index contributed by atoms with van der Waals surface area (Å²) in [5.74, 6) is 1.00. The fourth-order valence-electron chi connectivity index (χ4n) is 3.52. The summed E-state index contributed by atoms with van der Waals surface area (Å²) in [6.45, 7) is 1.43. The van der Waals surface area contributed by atoms with Gasteiger partial charge in [0.2, 0.25) is 5.91 Å². The molecule has 0 unspecified atom stereocenters. The smallest absolute Gasteiger partial charge is 0.227 e. The third kappa shape index (κ3) is 3.09. The number of methoxy groups -OCH3 is 1. The SMILES string of the molecule is COc1ccc2[nH]c3c(c2c1)CN(C(=O)Cc1ccncc1)CCC3. The number of H-pyrrole nitrogens is 1. The normalized spacial score (nSPS) is 14.2. The number of aromatic nitrogens is 2. The Labute approximate surface area is 146 Å². The van der Waals surface area contributed by atoms with Gasteiger partial charge in [-0.2, -0.15) is 0 Å². The molecule has 5 nitrogen and oxygen atoms in total. The first kappa shape index (κ1) is 15.7. The quantitative estimate of drug-likeness (QED) is 0.800. The number of benzene rings is 1. The minimum atomic E-state index is 0.163. The summed E-state index contributed by atoms with van der Waals surface area (Å²) in [6, 6.07) is 9.87. The van der Waals surface area contributed by atoms with Crippen LogP contribution < -0.4 is 4.74 Å². The second kappa shape index (κ2) is 6.59. The van der Waals surface area contributed by atoms with Gasteiger partial charge in [0.15, 0.2) is 0 Å². The zero-order chi connectivity index (χ0) is 17.2. The van der Waals surface area contributed by atoms with Crippen molar-refractivity contribution in [2.45, 2.75) is 25.8 Å². The van der Waals surface area contributed by atoms with Gasteiger partial charge in [-0.25, -0.2) is 0 Å². The number of carbonyl (C=O) groups excluding carboxylic acids is 1. The highest BCUT2D eigenvalue weighted by atomic mass is 16.5. The first-order chi connectivity index (χ1) is 12.2. The van der Waals surface area contributed by atoms with Crippen molar-refractivity contribution in [1.82, 2.24) is 14.9 Å². The van der Waals surface area contributed by atoms with Crippen molar-refractivity contribution >= 4 is 16.8 Å². The molecule has 1 aromatic carbocycles. The van der Waals surface area contributed by atoms with E-state index in [-0.39, 0.29) is 5.91 Å². The number of pyridine rings is 1. The van der Waals surface area contributed by atoms with Crippen LogP contribution in [0.2, 0.25) is 0 Å². The number of aromatic amines is 1. The lowest BCUT2D eigenvalue weighted by molar-refractivity contribution is -0.131. The average molecular weight is 335 g/mol. The van der Waals surface area contributed by atoms with Crippen LogP contribution >= 0.6 is 0 Å². The molecule has 0 fully saturated rings. The number of nitrogens with zero attached hydrogens (tertiary/aromatic N) is 2.